The first-order valence-corrected chi connectivity index (χ1v) is 9.86. The molecular weight excluding hydrogens is 366 g/mol. The predicted molar refractivity (Wildman–Crippen MR) is 103 cm³/mol. The van der Waals surface area contributed by atoms with E-state index in [4.69, 9.17) is 0 Å². The lowest BCUT2D eigenvalue weighted by Crippen LogP contribution is -2.49. The van der Waals surface area contributed by atoms with Gasteiger partial charge in [-0.15, -0.1) is 0 Å². The van der Waals surface area contributed by atoms with E-state index in [0.717, 1.165) is 12.1 Å². The van der Waals surface area contributed by atoms with Crippen molar-refractivity contribution in [3.8, 4) is 0 Å². The SMILES string of the molecule is CC(=O)Nc1ccc(S(=O)(=O)NC2=NCN(Cc3ccccc3)CN2)cc1. The van der Waals surface area contributed by atoms with Crippen molar-refractivity contribution in [3.63, 3.8) is 0 Å². The smallest absolute Gasteiger partial charge is 0.264 e. The molecule has 0 spiro atoms. The molecule has 1 heterocycles. The van der Waals surface area contributed by atoms with Crippen molar-refractivity contribution in [3.05, 3.63) is 60.2 Å². The fraction of sp³-hybridized carbons (Fsp3) is 0.222. The molecule has 0 aliphatic carbocycles. The van der Waals surface area contributed by atoms with Gasteiger partial charge < -0.3 is 10.6 Å². The number of amides is 1. The molecule has 0 atom stereocenters. The standard InChI is InChI=1S/C18H21N5O3S/c1-14(24)21-16-7-9-17(10-8-16)27(25,26)22-18-19-12-23(13-20-18)11-15-5-3-2-4-6-15/h2-10H,11-13H2,1H3,(H,21,24)(H2,19,20,22). The van der Waals surface area contributed by atoms with Crippen LogP contribution in [0.2, 0.25) is 0 Å². The largest absolute Gasteiger partial charge is 0.343 e. The van der Waals surface area contributed by atoms with Crippen LogP contribution in [0.25, 0.3) is 0 Å². The van der Waals surface area contributed by atoms with Gasteiger partial charge in [0.15, 0.2) is 0 Å². The molecule has 1 amide bonds. The second-order valence-corrected chi connectivity index (χ2v) is 7.79. The number of guanidine groups is 1. The average molecular weight is 387 g/mol. The molecule has 0 bridgehead atoms. The average Bonchev–Trinajstić information content (AvgIpc) is 2.64. The number of aliphatic imine (C=N–C) groups is 1. The Balaban J connectivity index is 1.60. The second kappa shape index (κ2) is 8.19. The van der Waals surface area contributed by atoms with Crippen molar-refractivity contribution in [2.75, 3.05) is 18.7 Å². The van der Waals surface area contributed by atoms with Gasteiger partial charge in [0.1, 0.15) is 0 Å². The zero-order valence-electron chi connectivity index (χ0n) is 14.8. The zero-order chi connectivity index (χ0) is 19.3. The van der Waals surface area contributed by atoms with E-state index in [1.165, 1.54) is 31.2 Å². The molecule has 1 aliphatic heterocycles. The van der Waals surface area contributed by atoms with Gasteiger partial charge in [0.25, 0.3) is 10.0 Å². The Bertz CT molecular complexity index is 927. The van der Waals surface area contributed by atoms with E-state index in [1.54, 1.807) is 0 Å². The fourth-order valence-corrected chi connectivity index (χ4v) is 3.59. The summed E-state index contributed by atoms with van der Waals surface area (Å²) in [5.74, 6) is -0.00482. The third kappa shape index (κ3) is 5.28. The van der Waals surface area contributed by atoms with Gasteiger partial charge in [0.05, 0.1) is 18.2 Å². The zero-order valence-corrected chi connectivity index (χ0v) is 15.7. The van der Waals surface area contributed by atoms with Crippen molar-refractivity contribution in [1.29, 1.82) is 0 Å². The van der Waals surface area contributed by atoms with E-state index < -0.39 is 10.0 Å². The Labute approximate surface area is 158 Å². The topological polar surface area (TPSA) is 103 Å². The molecule has 0 fully saturated rings. The van der Waals surface area contributed by atoms with Gasteiger partial charge in [-0.2, -0.15) is 0 Å². The van der Waals surface area contributed by atoms with E-state index in [0.29, 0.717) is 19.0 Å². The highest BCUT2D eigenvalue weighted by Gasteiger charge is 2.19. The quantitative estimate of drug-likeness (QED) is 0.718. The van der Waals surface area contributed by atoms with Gasteiger partial charge in [-0.3, -0.25) is 9.69 Å². The number of sulfonamides is 1. The van der Waals surface area contributed by atoms with E-state index >= 15 is 0 Å². The Morgan fingerprint density at radius 2 is 1.85 bits per heavy atom. The first-order chi connectivity index (χ1) is 12.9. The van der Waals surface area contributed by atoms with Crippen LogP contribution >= 0.6 is 0 Å². The normalized spacial score (nSPS) is 14.8. The maximum Gasteiger partial charge on any atom is 0.264 e. The maximum absolute atomic E-state index is 12.5. The summed E-state index contributed by atoms with van der Waals surface area (Å²) < 4.78 is 27.4. The first-order valence-electron chi connectivity index (χ1n) is 8.37. The van der Waals surface area contributed by atoms with Gasteiger partial charge >= 0.3 is 0 Å². The van der Waals surface area contributed by atoms with Crippen LogP contribution in [0.1, 0.15) is 12.5 Å². The van der Waals surface area contributed by atoms with Crippen LogP contribution in [0.5, 0.6) is 0 Å². The summed E-state index contributed by atoms with van der Waals surface area (Å²) in [5.41, 5.74) is 1.70. The number of rotatable bonds is 5. The minimum atomic E-state index is -3.76. The molecule has 0 unspecified atom stereocenters. The van der Waals surface area contributed by atoms with Gasteiger partial charge in [0, 0.05) is 19.2 Å². The fourth-order valence-electron chi connectivity index (χ4n) is 2.59. The third-order valence-electron chi connectivity index (χ3n) is 3.86. The lowest BCUT2D eigenvalue weighted by molar-refractivity contribution is -0.114. The Kier molecular flexibility index (Phi) is 5.72. The monoisotopic (exact) mass is 387 g/mol. The van der Waals surface area contributed by atoms with Crippen molar-refractivity contribution >= 4 is 27.6 Å². The minimum absolute atomic E-state index is 0.0906. The number of benzene rings is 2. The van der Waals surface area contributed by atoms with E-state index in [1.807, 2.05) is 30.3 Å². The number of carbonyl (C=O) groups excluding carboxylic acids is 1. The van der Waals surface area contributed by atoms with Crippen molar-refractivity contribution in [2.24, 2.45) is 4.99 Å². The number of carbonyl (C=O) groups is 1. The summed E-state index contributed by atoms with van der Waals surface area (Å²) in [5, 5.41) is 5.58. The van der Waals surface area contributed by atoms with Crippen LogP contribution in [0.15, 0.2) is 64.5 Å². The molecule has 0 saturated carbocycles. The second-order valence-electron chi connectivity index (χ2n) is 6.11. The number of hydrogen-bond donors (Lipinski definition) is 3. The molecular formula is C18H21N5O3S. The van der Waals surface area contributed by atoms with E-state index in [-0.39, 0.29) is 16.8 Å². The lowest BCUT2D eigenvalue weighted by Gasteiger charge is -2.27. The van der Waals surface area contributed by atoms with Crippen LogP contribution in [-0.4, -0.2) is 38.5 Å². The van der Waals surface area contributed by atoms with Crippen LogP contribution in [0.3, 0.4) is 0 Å². The maximum atomic E-state index is 12.5. The summed E-state index contributed by atoms with van der Waals surface area (Å²) in [4.78, 5) is 17.4. The van der Waals surface area contributed by atoms with Crippen molar-refractivity contribution in [2.45, 2.75) is 18.4 Å². The van der Waals surface area contributed by atoms with Gasteiger partial charge in [0.2, 0.25) is 11.9 Å². The molecule has 8 nitrogen and oxygen atoms in total. The molecule has 1 aliphatic rings. The molecule has 2 aromatic carbocycles. The van der Waals surface area contributed by atoms with Crippen LogP contribution in [0.4, 0.5) is 5.69 Å². The first kappa shape index (κ1) is 18.9. The summed E-state index contributed by atoms with van der Waals surface area (Å²) >= 11 is 0. The molecule has 3 N–H and O–H groups in total. The summed E-state index contributed by atoms with van der Waals surface area (Å²) in [6.45, 7) is 2.99. The highest BCUT2D eigenvalue weighted by atomic mass is 32.2. The molecule has 9 heteroatoms. The Morgan fingerprint density at radius 3 is 2.44 bits per heavy atom. The number of anilines is 1. The van der Waals surface area contributed by atoms with E-state index in [9.17, 15) is 13.2 Å². The van der Waals surface area contributed by atoms with Gasteiger partial charge in [-0.05, 0) is 29.8 Å². The third-order valence-corrected chi connectivity index (χ3v) is 5.22. The van der Waals surface area contributed by atoms with Crippen molar-refractivity contribution in [1.82, 2.24) is 14.9 Å². The lowest BCUT2D eigenvalue weighted by atomic mass is 10.2. The van der Waals surface area contributed by atoms with Crippen LogP contribution < -0.4 is 15.4 Å². The minimum Gasteiger partial charge on any atom is -0.343 e. The van der Waals surface area contributed by atoms with Crippen LogP contribution in [0, 0.1) is 0 Å². The van der Waals surface area contributed by atoms with E-state index in [2.05, 4.69) is 25.2 Å². The Morgan fingerprint density at radius 1 is 1.15 bits per heavy atom. The molecule has 2 aromatic rings. The molecule has 0 aromatic heterocycles. The summed E-state index contributed by atoms with van der Waals surface area (Å²) in [6.07, 6.45) is 0. The van der Waals surface area contributed by atoms with Gasteiger partial charge in [-0.25, -0.2) is 18.1 Å². The Hall–Kier alpha value is -2.91. The number of nitrogens with one attached hydrogen (secondary N) is 3. The number of hydrogen-bond acceptors (Lipinski definition) is 6. The highest BCUT2D eigenvalue weighted by Crippen LogP contribution is 2.14. The van der Waals surface area contributed by atoms with Crippen LogP contribution in [-0.2, 0) is 21.4 Å². The molecule has 0 radical (unpaired) electrons. The summed E-state index contributed by atoms with van der Waals surface area (Å²) in [6, 6.07) is 15.9. The molecule has 142 valence electrons. The van der Waals surface area contributed by atoms with Gasteiger partial charge in [-0.1, -0.05) is 30.3 Å². The molecule has 27 heavy (non-hydrogen) atoms. The number of nitrogens with zero attached hydrogens (tertiary/aromatic N) is 2. The molecule has 0 saturated heterocycles. The summed E-state index contributed by atoms with van der Waals surface area (Å²) in [7, 11) is -3.76. The molecule has 3 rings (SSSR count). The van der Waals surface area contributed by atoms with Crippen molar-refractivity contribution < 1.29 is 13.2 Å². The predicted octanol–water partition coefficient (Wildman–Crippen LogP) is 1.30. The highest BCUT2D eigenvalue weighted by molar-refractivity contribution is 7.90.